The zero-order chi connectivity index (χ0) is 13.1. The molecule has 5 heteroatoms. The highest BCUT2D eigenvalue weighted by molar-refractivity contribution is 7.12. The van der Waals surface area contributed by atoms with E-state index in [4.69, 9.17) is 23.2 Å². The molecule has 2 rings (SSSR count). The highest BCUT2D eigenvalue weighted by Crippen LogP contribution is 2.26. The second-order valence-corrected chi connectivity index (χ2v) is 5.63. The lowest BCUT2D eigenvalue weighted by Crippen LogP contribution is -2.26. The van der Waals surface area contributed by atoms with Crippen molar-refractivity contribution in [2.24, 2.45) is 0 Å². The highest BCUT2D eigenvalue weighted by Gasteiger charge is 2.14. The van der Waals surface area contributed by atoms with E-state index in [1.54, 1.807) is 18.2 Å². The maximum atomic E-state index is 11.9. The van der Waals surface area contributed by atoms with Crippen LogP contribution >= 0.6 is 34.5 Å². The van der Waals surface area contributed by atoms with Gasteiger partial charge in [0.25, 0.3) is 5.91 Å². The molecule has 1 aromatic heterocycles. The molecule has 0 unspecified atom stereocenters. The summed E-state index contributed by atoms with van der Waals surface area (Å²) >= 11 is 13.3. The van der Waals surface area contributed by atoms with Crippen LogP contribution in [0.2, 0.25) is 10.0 Å². The van der Waals surface area contributed by atoms with E-state index in [2.05, 4.69) is 5.32 Å². The quantitative estimate of drug-likeness (QED) is 0.885. The molecule has 94 valence electrons. The first kappa shape index (κ1) is 13.4. The minimum absolute atomic E-state index is 0.0940. The fourth-order valence-corrected chi connectivity index (χ4v) is 2.80. The van der Waals surface area contributed by atoms with Crippen molar-refractivity contribution < 1.29 is 4.79 Å². The van der Waals surface area contributed by atoms with Crippen LogP contribution in [0.1, 0.15) is 28.2 Å². The Kier molecular flexibility index (Phi) is 4.27. The maximum Gasteiger partial charge on any atom is 0.261 e. The Morgan fingerprint density at radius 2 is 2.11 bits per heavy atom. The highest BCUT2D eigenvalue weighted by atomic mass is 35.5. The third kappa shape index (κ3) is 3.05. The van der Waals surface area contributed by atoms with Crippen molar-refractivity contribution in [1.82, 2.24) is 5.32 Å². The van der Waals surface area contributed by atoms with E-state index >= 15 is 0 Å². The van der Waals surface area contributed by atoms with Gasteiger partial charge in [-0.15, -0.1) is 11.3 Å². The summed E-state index contributed by atoms with van der Waals surface area (Å²) in [5, 5.41) is 5.91. The molecule has 2 aromatic rings. The lowest BCUT2D eigenvalue weighted by atomic mass is 10.1. The zero-order valence-electron chi connectivity index (χ0n) is 9.61. The normalized spacial score (nSPS) is 12.2. The second-order valence-electron chi connectivity index (χ2n) is 3.84. The average molecular weight is 300 g/mol. The first-order chi connectivity index (χ1) is 8.58. The van der Waals surface area contributed by atoms with Gasteiger partial charge in [-0.25, -0.2) is 0 Å². The minimum atomic E-state index is -0.163. The molecule has 1 heterocycles. The van der Waals surface area contributed by atoms with Crippen LogP contribution < -0.4 is 5.32 Å². The van der Waals surface area contributed by atoms with E-state index in [9.17, 15) is 4.79 Å². The van der Waals surface area contributed by atoms with Crippen molar-refractivity contribution in [2.45, 2.75) is 13.0 Å². The monoisotopic (exact) mass is 299 g/mol. The Bertz CT molecular complexity index is 554. The van der Waals surface area contributed by atoms with E-state index in [1.165, 1.54) is 11.3 Å². The molecule has 0 radical (unpaired) electrons. The summed E-state index contributed by atoms with van der Waals surface area (Å²) in [4.78, 5) is 12.6. The number of hydrogen-bond donors (Lipinski definition) is 1. The molecular weight excluding hydrogens is 289 g/mol. The number of rotatable bonds is 3. The van der Waals surface area contributed by atoms with E-state index in [1.807, 2.05) is 24.4 Å². The van der Waals surface area contributed by atoms with Crippen LogP contribution in [-0.2, 0) is 0 Å². The molecule has 1 N–H and O–H groups in total. The number of amides is 1. The molecule has 1 atom stereocenters. The van der Waals surface area contributed by atoms with Crippen molar-refractivity contribution >= 4 is 40.4 Å². The Hall–Kier alpha value is -1.03. The van der Waals surface area contributed by atoms with Gasteiger partial charge < -0.3 is 5.32 Å². The lowest BCUT2D eigenvalue weighted by Gasteiger charge is -2.15. The van der Waals surface area contributed by atoms with Crippen molar-refractivity contribution in [3.8, 4) is 0 Å². The smallest absolute Gasteiger partial charge is 0.261 e. The van der Waals surface area contributed by atoms with Gasteiger partial charge in [-0.05, 0) is 36.1 Å². The van der Waals surface area contributed by atoms with Crippen LogP contribution in [0.4, 0.5) is 0 Å². The van der Waals surface area contributed by atoms with Crippen LogP contribution in [0, 0.1) is 0 Å². The van der Waals surface area contributed by atoms with E-state index in [0.29, 0.717) is 14.9 Å². The summed E-state index contributed by atoms with van der Waals surface area (Å²) < 4.78 is 0. The first-order valence-electron chi connectivity index (χ1n) is 5.37. The zero-order valence-corrected chi connectivity index (χ0v) is 11.9. The number of thiophene rings is 1. The van der Waals surface area contributed by atoms with Gasteiger partial charge in [0.05, 0.1) is 10.9 Å². The average Bonchev–Trinajstić information content (AvgIpc) is 2.81. The summed E-state index contributed by atoms with van der Waals surface area (Å²) in [7, 11) is 0. The summed E-state index contributed by atoms with van der Waals surface area (Å²) in [6.07, 6.45) is 0. The molecule has 0 aliphatic carbocycles. The molecule has 0 spiro atoms. The standard InChI is InChI=1S/C13H11Cl2NOS/c1-8(10-5-4-9(14)7-11(10)15)16-13(17)12-3-2-6-18-12/h2-8H,1H3,(H,16,17)/t8-/m1/s1. The van der Waals surface area contributed by atoms with Gasteiger partial charge in [0.15, 0.2) is 0 Å². The van der Waals surface area contributed by atoms with Gasteiger partial charge in [-0.2, -0.15) is 0 Å². The third-order valence-corrected chi connectivity index (χ3v) is 3.95. The molecule has 1 amide bonds. The van der Waals surface area contributed by atoms with Gasteiger partial charge in [0.2, 0.25) is 0 Å². The number of halogens is 2. The number of carbonyl (C=O) groups excluding carboxylic acids is 1. The molecule has 2 nitrogen and oxygen atoms in total. The Labute approximate surface area is 120 Å². The molecule has 0 aliphatic heterocycles. The molecule has 0 saturated carbocycles. The molecule has 1 aromatic carbocycles. The van der Waals surface area contributed by atoms with Gasteiger partial charge >= 0.3 is 0 Å². The SMILES string of the molecule is C[C@@H](NC(=O)c1cccs1)c1ccc(Cl)cc1Cl. The van der Waals surface area contributed by atoms with Crippen molar-refractivity contribution in [1.29, 1.82) is 0 Å². The van der Waals surface area contributed by atoms with Crippen molar-refractivity contribution in [3.05, 3.63) is 56.2 Å². The summed E-state index contributed by atoms with van der Waals surface area (Å²) in [6.45, 7) is 1.89. The van der Waals surface area contributed by atoms with Crippen LogP contribution in [0.5, 0.6) is 0 Å². The number of nitrogens with one attached hydrogen (secondary N) is 1. The predicted molar refractivity (Wildman–Crippen MR) is 76.7 cm³/mol. The van der Waals surface area contributed by atoms with Crippen molar-refractivity contribution in [2.75, 3.05) is 0 Å². The number of hydrogen-bond acceptors (Lipinski definition) is 2. The van der Waals surface area contributed by atoms with Crippen LogP contribution in [0.25, 0.3) is 0 Å². The minimum Gasteiger partial charge on any atom is -0.345 e. The number of carbonyl (C=O) groups is 1. The first-order valence-corrected chi connectivity index (χ1v) is 7.01. The fourth-order valence-electron chi connectivity index (χ4n) is 1.61. The molecule has 0 saturated heterocycles. The summed E-state index contributed by atoms with van der Waals surface area (Å²) in [5.74, 6) is -0.0940. The predicted octanol–water partition coefficient (Wildman–Crippen LogP) is 4.55. The molecular formula is C13H11Cl2NOS. The fraction of sp³-hybridized carbons (Fsp3) is 0.154. The Balaban J connectivity index is 2.12. The molecule has 18 heavy (non-hydrogen) atoms. The van der Waals surface area contributed by atoms with Gasteiger partial charge in [-0.3, -0.25) is 4.79 Å². The largest absolute Gasteiger partial charge is 0.345 e. The third-order valence-electron chi connectivity index (χ3n) is 2.52. The Morgan fingerprint density at radius 3 is 2.72 bits per heavy atom. The summed E-state index contributed by atoms with van der Waals surface area (Å²) in [5.41, 5.74) is 0.853. The van der Waals surface area contributed by atoms with Gasteiger partial charge in [0, 0.05) is 10.0 Å². The Morgan fingerprint density at radius 1 is 1.33 bits per heavy atom. The number of benzene rings is 1. The van der Waals surface area contributed by atoms with Crippen molar-refractivity contribution in [3.63, 3.8) is 0 Å². The van der Waals surface area contributed by atoms with Crippen LogP contribution in [0.3, 0.4) is 0 Å². The topological polar surface area (TPSA) is 29.1 Å². The lowest BCUT2D eigenvalue weighted by molar-refractivity contribution is 0.0944. The van der Waals surface area contributed by atoms with E-state index in [-0.39, 0.29) is 11.9 Å². The van der Waals surface area contributed by atoms with Gasteiger partial charge in [0.1, 0.15) is 0 Å². The van der Waals surface area contributed by atoms with Crippen LogP contribution in [0.15, 0.2) is 35.7 Å². The molecule has 0 bridgehead atoms. The second kappa shape index (κ2) is 5.74. The molecule has 0 aliphatic rings. The van der Waals surface area contributed by atoms with E-state index < -0.39 is 0 Å². The molecule has 0 fully saturated rings. The summed E-state index contributed by atoms with van der Waals surface area (Å²) in [6, 6.07) is 8.73. The van der Waals surface area contributed by atoms with Gasteiger partial charge in [-0.1, -0.05) is 35.3 Å². The maximum absolute atomic E-state index is 11.9. The van der Waals surface area contributed by atoms with E-state index in [0.717, 1.165) is 5.56 Å². The van der Waals surface area contributed by atoms with Crippen LogP contribution in [-0.4, -0.2) is 5.91 Å².